The Hall–Kier alpha value is -2.34. The second kappa shape index (κ2) is 8.13. The van der Waals surface area contributed by atoms with Crippen LogP contribution in [-0.2, 0) is 17.5 Å². The van der Waals surface area contributed by atoms with Crippen molar-refractivity contribution in [1.82, 2.24) is 4.90 Å². The van der Waals surface area contributed by atoms with E-state index in [1.807, 2.05) is 18.2 Å². The van der Waals surface area contributed by atoms with Crippen LogP contribution in [0.4, 0.5) is 17.6 Å². The molecular formula is C21H21F4NO. The molecule has 1 aliphatic heterocycles. The number of ether oxygens (including phenoxy) is 1. The van der Waals surface area contributed by atoms with E-state index in [0.717, 1.165) is 37.3 Å². The number of rotatable bonds is 4. The highest BCUT2D eigenvalue weighted by molar-refractivity contribution is 5.64. The number of hydrogen-bond donors (Lipinski definition) is 0. The fraction of sp³-hybridized carbons (Fsp3) is 0.333. The molecule has 0 radical (unpaired) electrons. The third-order valence-corrected chi connectivity index (χ3v) is 4.77. The first kappa shape index (κ1) is 19.4. The number of piperidine rings is 1. The Bertz CT molecular complexity index is 805. The van der Waals surface area contributed by atoms with Gasteiger partial charge in [-0.1, -0.05) is 30.3 Å². The van der Waals surface area contributed by atoms with Crippen LogP contribution in [0.1, 0.15) is 29.5 Å². The highest BCUT2D eigenvalue weighted by Crippen LogP contribution is 2.34. The monoisotopic (exact) mass is 379 g/mol. The highest BCUT2D eigenvalue weighted by Gasteiger charge is 2.31. The van der Waals surface area contributed by atoms with Crippen LogP contribution in [0, 0.1) is 5.82 Å². The minimum atomic E-state index is -4.57. The zero-order valence-electron chi connectivity index (χ0n) is 15.0. The molecule has 1 fully saturated rings. The normalized spacial score (nSPS) is 15.7. The van der Waals surface area contributed by atoms with Gasteiger partial charge in [0.25, 0.3) is 0 Å². The number of nitrogens with zero attached hydrogens (tertiary/aromatic N) is 1. The molecule has 1 aliphatic rings. The summed E-state index contributed by atoms with van der Waals surface area (Å²) in [6, 6.07) is 12.7. The second-order valence-electron chi connectivity index (χ2n) is 6.59. The van der Waals surface area contributed by atoms with Crippen LogP contribution in [0.5, 0.6) is 0 Å². The maximum atomic E-state index is 14.3. The van der Waals surface area contributed by atoms with Crippen molar-refractivity contribution in [3.05, 3.63) is 76.6 Å². The summed E-state index contributed by atoms with van der Waals surface area (Å²) in [7, 11) is 1.43. The Kier molecular flexibility index (Phi) is 5.85. The Morgan fingerprint density at radius 2 is 1.70 bits per heavy atom. The van der Waals surface area contributed by atoms with E-state index in [4.69, 9.17) is 4.74 Å². The van der Waals surface area contributed by atoms with Crippen LogP contribution >= 0.6 is 0 Å². The van der Waals surface area contributed by atoms with Crippen molar-refractivity contribution >= 4 is 5.76 Å². The molecule has 0 unspecified atom stereocenters. The van der Waals surface area contributed by atoms with Crippen LogP contribution in [0.2, 0.25) is 0 Å². The van der Waals surface area contributed by atoms with Gasteiger partial charge in [0, 0.05) is 19.6 Å². The Balaban J connectivity index is 1.75. The molecule has 3 rings (SSSR count). The van der Waals surface area contributed by atoms with Gasteiger partial charge >= 0.3 is 6.18 Å². The number of methoxy groups -OCH3 is 1. The lowest BCUT2D eigenvalue weighted by Gasteiger charge is -2.29. The van der Waals surface area contributed by atoms with Crippen LogP contribution in [-0.4, -0.2) is 25.1 Å². The van der Waals surface area contributed by atoms with Gasteiger partial charge in [-0.25, -0.2) is 4.39 Å². The van der Waals surface area contributed by atoms with E-state index in [-0.39, 0.29) is 5.56 Å². The Morgan fingerprint density at radius 1 is 1.04 bits per heavy atom. The van der Waals surface area contributed by atoms with Crippen molar-refractivity contribution in [2.45, 2.75) is 25.6 Å². The fourth-order valence-electron chi connectivity index (χ4n) is 3.37. The quantitative estimate of drug-likeness (QED) is 0.514. The molecule has 0 atom stereocenters. The summed E-state index contributed by atoms with van der Waals surface area (Å²) in [5.41, 5.74) is 1.24. The van der Waals surface area contributed by atoms with E-state index in [1.54, 1.807) is 0 Å². The lowest BCUT2D eigenvalue weighted by atomic mass is 9.97. The molecule has 27 heavy (non-hydrogen) atoms. The van der Waals surface area contributed by atoms with E-state index in [2.05, 4.69) is 17.0 Å². The van der Waals surface area contributed by atoms with E-state index >= 15 is 0 Å². The number of alkyl halides is 3. The van der Waals surface area contributed by atoms with Crippen LogP contribution in [0.15, 0.2) is 54.1 Å². The van der Waals surface area contributed by atoms with Gasteiger partial charge in [0.1, 0.15) is 11.6 Å². The molecule has 2 aromatic rings. The standard InChI is InChI=1S/C21H21F4NO/c1-27-20(18-8-7-17(13-19(18)22)21(23,24)25)16-9-11-26(12-10-16)14-15-5-3-2-4-6-15/h2-8,13H,9-12,14H2,1H3. The minimum Gasteiger partial charge on any atom is -0.496 e. The number of halogens is 4. The molecule has 0 aromatic heterocycles. The van der Waals surface area contributed by atoms with E-state index < -0.39 is 17.6 Å². The average Bonchev–Trinajstić information content (AvgIpc) is 2.65. The van der Waals surface area contributed by atoms with Crippen molar-refractivity contribution in [3.63, 3.8) is 0 Å². The summed E-state index contributed by atoms with van der Waals surface area (Å²) in [4.78, 5) is 2.30. The predicted molar refractivity (Wildman–Crippen MR) is 96.3 cm³/mol. The summed E-state index contributed by atoms with van der Waals surface area (Å²) < 4.78 is 57.9. The van der Waals surface area contributed by atoms with E-state index in [0.29, 0.717) is 24.7 Å². The van der Waals surface area contributed by atoms with Gasteiger partial charge in [-0.3, -0.25) is 4.90 Å². The van der Waals surface area contributed by atoms with Gasteiger partial charge in [-0.05, 0) is 42.2 Å². The molecule has 1 saturated heterocycles. The molecule has 0 saturated carbocycles. The molecule has 0 N–H and O–H groups in total. The topological polar surface area (TPSA) is 12.5 Å². The SMILES string of the molecule is COC(=C1CCN(Cc2ccccc2)CC1)c1ccc(C(F)(F)F)cc1F. The summed E-state index contributed by atoms with van der Waals surface area (Å²) >= 11 is 0. The molecule has 144 valence electrons. The van der Waals surface area contributed by atoms with Gasteiger partial charge in [-0.15, -0.1) is 0 Å². The lowest BCUT2D eigenvalue weighted by molar-refractivity contribution is -0.137. The van der Waals surface area contributed by atoms with Crippen molar-refractivity contribution < 1.29 is 22.3 Å². The first-order valence-electron chi connectivity index (χ1n) is 8.78. The van der Waals surface area contributed by atoms with Crippen molar-refractivity contribution in [2.75, 3.05) is 20.2 Å². The summed E-state index contributed by atoms with van der Waals surface area (Å²) in [5, 5.41) is 0. The second-order valence-corrected chi connectivity index (χ2v) is 6.59. The van der Waals surface area contributed by atoms with Crippen LogP contribution in [0.3, 0.4) is 0 Å². The molecule has 0 aliphatic carbocycles. The van der Waals surface area contributed by atoms with Gasteiger partial charge in [0.2, 0.25) is 0 Å². The zero-order chi connectivity index (χ0) is 19.4. The highest BCUT2D eigenvalue weighted by atomic mass is 19.4. The van der Waals surface area contributed by atoms with Gasteiger partial charge in [0.15, 0.2) is 0 Å². The Labute approximate surface area is 156 Å². The molecule has 2 aromatic carbocycles. The predicted octanol–water partition coefficient (Wildman–Crippen LogP) is 5.50. The minimum absolute atomic E-state index is 0.0806. The summed E-state index contributed by atoms with van der Waals surface area (Å²) in [6.45, 7) is 2.42. The maximum absolute atomic E-state index is 14.3. The third-order valence-electron chi connectivity index (χ3n) is 4.77. The molecule has 2 nitrogen and oxygen atoms in total. The van der Waals surface area contributed by atoms with Gasteiger partial charge < -0.3 is 4.74 Å². The number of benzene rings is 2. The average molecular weight is 379 g/mol. The van der Waals surface area contributed by atoms with Gasteiger partial charge in [-0.2, -0.15) is 13.2 Å². The van der Waals surface area contributed by atoms with Crippen molar-refractivity contribution in [1.29, 1.82) is 0 Å². The smallest absolute Gasteiger partial charge is 0.416 e. The van der Waals surface area contributed by atoms with Gasteiger partial charge in [0.05, 0.1) is 18.2 Å². The molecule has 0 spiro atoms. The largest absolute Gasteiger partial charge is 0.496 e. The molecule has 0 bridgehead atoms. The fourth-order valence-corrected chi connectivity index (χ4v) is 3.37. The van der Waals surface area contributed by atoms with Crippen molar-refractivity contribution in [3.8, 4) is 0 Å². The Morgan fingerprint density at radius 3 is 2.26 bits per heavy atom. The summed E-state index contributed by atoms with van der Waals surface area (Å²) in [6.07, 6.45) is -3.19. The number of hydrogen-bond acceptors (Lipinski definition) is 2. The lowest BCUT2D eigenvalue weighted by Crippen LogP contribution is -2.30. The van der Waals surface area contributed by atoms with Crippen LogP contribution < -0.4 is 0 Å². The number of likely N-dealkylation sites (tertiary alicyclic amines) is 1. The molecule has 1 heterocycles. The molecular weight excluding hydrogens is 358 g/mol. The third kappa shape index (κ3) is 4.69. The van der Waals surface area contributed by atoms with Crippen LogP contribution in [0.25, 0.3) is 5.76 Å². The maximum Gasteiger partial charge on any atom is 0.416 e. The van der Waals surface area contributed by atoms with E-state index in [9.17, 15) is 17.6 Å². The first-order valence-corrected chi connectivity index (χ1v) is 8.78. The van der Waals surface area contributed by atoms with Crippen molar-refractivity contribution in [2.24, 2.45) is 0 Å². The molecule has 6 heteroatoms. The zero-order valence-corrected chi connectivity index (χ0v) is 15.0. The summed E-state index contributed by atoms with van der Waals surface area (Å²) in [5.74, 6) is -0.568. The first-order chi connectivity index (χ1) is 12.9. The molecule has 0 amide bonds. The van der Waals surface area contributed by atoms with E-state index in [1.165, 1.54) is 12.7 Å².